The SMILES string of the molecule is CC(C)C[C@@H](Nc1cnccn1)C(=O)O. The number of carbonyl (C=O) groups is 1. The lowest BCUT2D eigenvalue weighted by molar-refractivity contribution is -0.138. The molecule has 1 aromatic heterocycles. The Morgan fingerprint density at radius 1 is 1.53 bits per heavy atom. The quantitative estimate of drug-likeness (QED) is 0.766. The number of rotatable bonds is 5. The van der Waals surface area contributed by atoms with Crippen LogP contribution in [0.2, 0.25) is 0 Å². The van der Waals surface area contributed by atoms with Gasteiger partial charge in [0.1, 0.15) is 11.9 Å². The maximum atomic E-state index is 10.9. The monoisotopic (exact) mass is 209 g/mol. The molecule has 15 heavy (non-hydrogen) atoms. The van der Waals surface area contributed by atoms with Crippen molar-refractivity contribution < 1.29 is 9.90 Å². The minimum atomic E-state index is -0.866. The van der Waals surface area contributed by atoms with E-state index in [2.05, 4.69) is 15.3 Å². The number of hydrogen-bond donors (Lipinski definition) is 2. The average molecular weight is 209 g/mol. The third-order valence-corrected chi connectivity index (χ3v) is 1.89. The summed E-state index contributed by atoms with van der Waals surface area (Å²) in [6.07, 6.45) is 5.14. The van der Waals surface area contributed by atoms with Gasteiger partial charge in [-0.2, -0.15) is 0 Å². The first kappa shape index (κ1) is 11.4. The summed E-state index contributed by atoms with van der Waals surface area (Å²) in [5, 5.41) is 11.8. The molecule has 0 aliphatic heterocycles. The maximum absolute atomic E-state index is 10.9. The van der Waals surface area contributed by atoms with E-state index in [9.17, 15) is 4.79 Å². The number of aliphatic carboxylic acids is 1. The van der Waals surface area contributed by atoms with Gasteiger partial charge in [0.2, 0.25) is 0 Å². The molecule has 0 fully saturated rings. The molecule has 2 N–H and O–H groups in total. The second-order valence-corrected chi connectivity index (χ2v) is 3.76. The molecule has 0 spiro atoms. The molecule has 0 bridgehead atoms. The van der Waals surface area contributed by atoms with E-state index in [1.165, 1.54) is 12.4 Å². The maximum Gasteiger partial charge on any atom is 0.326 e. The zero-order valence-corrected chi connectivity index (χ0v) is 8.84. The van der Waals surface area contributed by atoms with E-state index in [0.29, 0.717) is 18.2 Å². The van der Waals surface area contributed by atoms with Crippen molar-refractivity contribution >= 4 is 11.8 Å². The van der Waals surface area contributed by atoms with Gasteiger partial charge in [0.05, 0.1) is 6.20 Å². The molecule has 82 valence electrons. The van der Waals surface area contributed by atoms with Crippen LogP contribution in [-0.4, -0.2) is 27.1 Å². The Morgan fingerprint density at radius 2 is 2.27 bits per heavy atom. The van der Waals surface area contributed by atoms with Gasteiger partial charge in [0.25, 0.3) is 0 Å². The van der Waals surface area contributed by atoms with Crippen molar-refractivity contribution in [2.45, 2.75) is 26.3 Å². The Hall–Kier alpha value is -1.65. The summed E-state index contributed by atoms with van der Waals surface area (Å²) in [5.74, 6) is -0.0600. The summed E-state index contributed by atoms with van der Waals surface area (Å²) in [6.45, 7) is 3.96. The molecule has 0 radical (unpaired) electrons. The number of hydrogen-bond acceptors (Lipinski definition) is 4. The number of carboxylic acid groups (broad SMARTS) is 1. The number of anilines is 1. The molecule has 0 saturated carbocycles. The fraction of sp³-hybridized carbons (Fsp3) is 0.500. The molecule has 5 heteroatoms. The number of carboxylic acids is 1. The third kappa shape index (κ3) is 3.93. The first-order valence-electron chi connectivity index (χ1n) is 4.85. The van der Waals surface area contributed by atoms with E-state index in [1.54, 1.807) is 6.20 Å². The summed E-state index contributed by atoms with van der Waals surface area (Å²) in [6, 6.07) is -0.610. The van der Waals surface area contributed by atoms with Crippen LogP contribution in [0.15, 0.2) is 18.6 Å². The summed E-state index contributed by atoms with van der Waals surface area (Å²) in [5.41, 5.74) is 0. The summed E-state index contributed by atoms with van der Waals surface area (Å²) in [7, 11) is 0. The Kier molecular flexibility index (Phi) is 4.03. The number of nitrogens with zero attached hydrogens (tertiary/aromatic N) is 2. The van der Waals surface area contributed by atoms with Gasteiger partial charge in [-0.15, -0.1) is 0 Å². The van der Waals surface area contributed by atoms with E-state index < -0.39 is 12.0 Å². The number of aromatic nitrogens is 2. The topological polar surface area (TPSA) is 75.1 Å². The lowest BCUT2D eigenvalue weighted by Crippen LogP contribution is -2.31. The summed E-state index contributed by atoms with van der Waals surface area (Å²) < 4.78 is 0. The van der Waals surface area contributed by atoms with Crippen molar-refractivity contribution in [3.63, 3.8) is 0 Å². The molecule has 0 unspecified atom stereocenters. The molecule has 1 atom stereocenters. The first-order valence-corrected chi connectivity index (χ1v) is 4.85. The molecule has 0 aliphatic carbocycles. The second kappa shape index (κ2) is 5.29. The van der Waals surface area contributed by atoms with Gasteiger partial charge in [-0.1, -0.05) is 13.8 Å². The second-order valence-electron chi connectivity index (χ2n) is 3.76. The van der Waals surface area contributed by atoms with Crippen molar-refractivity contribution in [2.24, 2.45) is 5.92 Å². The zero-order chi connectivity index (χ0) is 11.3. The Balaban J connectivity index is 2.63. The predicted octanol–water partition coefficient (Wildman–Crippen LogP) is 1.39. The largest absolute Gasteiger partial charge is 0.480 e. The van der Waals surface area contributed by atoms with Crippen LogP contribution in [0, 0.1) is 5.92 Å². The van der Waals surface area contributed by atoms with Gasteiger partial charge in [-0.05, 0) is 12.3 Å². The van der Waals surface area contributed by atoms with Crippen molar-refractivity contribution in [1.29, 1.82) is 0 Å². The van der Waals surface area contributed by atoms with Crippen LogP contribution < -0.4 is 5.32 Å². The van der Waals surface area contributed by atoms with Crippen LogP contribution in [-0.2, 0) is 4.79 Å². The fourth-order valence-corrected chi connectivity index (χ4v) is 1.25. The summed E-state index contributed by atoms with van der Waals surface area (Å²) in [4.78, 5) is 18.8. The first-order chi connectivity index (χ1) is 7.09. The molecule has 1 rings (SSSR count). The van der Waals surface area contributed by atoms with E-state index in [0.717, 1.165) is 0 Å². The van der Waals surface area contributed by atoms with Crippen LogP contribution in [0.3, 0.4) is 0 Å². The summed E-state index contributed by atoms with van der Waals surface area (Å²) >= 11 is 0. The third-order valence-electron chi connectivity index (χ3n) is 1.89. The highest BCUT2D eigenvalue weighted by atomic mass is 16.4. The van der Waals surface area contributed by atoms with Crippen molar-refractivity contribution in [3.05, 3.63) is 18.6 Å². The Morgan fingerprint density at radius 3 is 2.73 bits per heavy atom. The average Bonchev–Trinajstić information content (AvgIpc) is 2.17. The molecule has 0 amide bonds. The number of nitrogens with one attached hydrogen (secondary N) is 1. The highest BCUT2D eigenvalue weighted by molar-refractivity contribution is 5.76. The lowest BCUT2D eigenvalue weighted by atomic mass is 10.0. The van der Waals surface area contributed by atoms with Crippen LogP contribution in [0.25, 0.3) is 0 Å². The van der Waals surface area contributed by atoms with Crippen molar-refractivity contribution in [3.8, 4) is 0 Å². The Bertz CT molecular complexity index is 314. The zero-order valence-electron chi connectivity index (χ0n) is 8.84. The van der Waals surface area contributed by atoms with Gasteiger partial charge >= 0.3 is 5.97 Å². The van der Waals surface area contributed by atoms with Gasteiger partial charge in [-0.3, -0.25) is 4.98 Å². The van der Waals surface area contributed by atoms with Crippen LogP contribution >= 0.6 is 0 Å². The molecular weight excluding hydrogens is 194 g/mol. The molecule has 0 aliphatic rings. The smallest absolute Gasteiger partial charge is 0.326 e. The van der Waals surface area contributed by atoms with Gasteiger partial charge < -0.3 is 10.4 Å². The normalized spacial score (nSPS) is 12.5. The molecule has 1 aromatic rings. The highest BCUT2D eigenvalue weighted by Crippen LogP contribution is 2.10. The minimum absolute atomic E-state index is 0.315. The van der Waals surface area contributed by atoms with Gasteiger partial charge in [-0.25, -0.2) is 9.78 Å². The molecular formula is C10H15N3O2. The van der Waals surface area contributed by atoms with Crippen LogP contribution in [0.5, 0.6) is 0 Å². The van der Waals surface area contributed by atoms with Crippen molar-refractivity contribution in [2.75, 3.05) is 5.32 Å². The molecule has 1 heterocycles. The van der Waals surface area contributed by atoms with E-state index in [4.69, 9.17) is 5.11 Å². The van der Waals surface area contributed by atoms with Crippen LogP contribution in [0.4, 0.5) is 5.82 Å². The van der Waals surface area contributed by atoms with Crippen molar-refractivity contribution in [1.82, 2.24) is 9.97 Å². The van der Waals surface area contributed by atoms with Gasteiger partial charge in [0.15, 0.2) is 0 Å². The minimum Gasteiger partial charge on any atom is -0.480 e. The van der Waals surface area contributed by atoms with Gasteiger partial charge in [0, 0.05) is 12.4 Å². The predicted molar refractivity (Wildman–Crippen MR) is 56.5 cm³/mol. The molecule has 0 saturated heterocycles. The van der Waals surface area contributed by atoms with E-state index in [-0.39, 0.29) is 0 Å². The fourth-order valence-electron chi connectivity index (χ4n) is 1.25. The van der Waals surface area contributed by atoms with Crippen LogP contribution in [0.1, 0.15) is 20.3 Å². The Labute approximate surface area is 88.6 Å². The lowest BCUT2D eigenvalue weighted by Gasteiger charge is -2.16. The van der Waals surface area contributed by atoms with E-state index >= 15 is 0 Å². The molecule has 0 aromatic carbocycles. The molecule has 5 nitrogen and oxygen atoms in total. The highest BCUT2D eigenvalue weighted by Gasteiger charge is 2.18. The van der Waals surface area contributed by atoms with E-state index in [1.807, 2.05) is 13.8 Å². The standard InChI is InChI=1S/C10H15N3O2/c1-7(2)5-8(10(14)15)13-9-6-11-3-4-12-9/h3-4,6-8H,5H2,1-2H3,(H,12,13)(H,14,15)/t8-/m1/s1.